The third kappa shape index (κ3) is 3.93. The Morgan fingerprint density at radius 3 is 2.77 bits per heavy atom. The van der Waals surface area contributed by atoms with E-state index in [1.807, 2.05) is 32.0 Å². The van der Waals surface area contributed by atoms with Crippen LogP contribution in [0, 0.1) is 5.92 Å². The number of carbonyl (C=O) groups excluding carboxylic acids is 2. The van der Waals surface area contributed by atoms with Crippen LogP contribution in [0.2, 0.25) is 0 Å². The molecule has 8 nitrogen and oxygen atoms in total. The van der Waals surface area contributed by atoms with Crippen molar-refractivity contribution in [2.45, 2.75) is 33.2 Å². The van der Waals surface area contributed by atoms with Crippen molar-refractivity contribution in [3.05, 3.63) is 18.2 Å². The summed E-state index contributed by atoms with van der Waals surface area (Å²) >= 11 is 1.25. The minimum Gasteiger partial charge on any atom is -0.454 e. The minimum absolute atomic E-state index is 0.000140. The molecule has 2 N–H and O–H groups in total. The van der Waals surface area contributed by atoms with E-state index in [1.165, 1.54) is 18.3 Å². The maximum atomic E-state index is 12.5. The van der Waals surface area contributed by atoms with Crippen LogP contribution in [0.5, 0.6) is 11.5 Å². The average molecular weight is 376 g/mol. The van der Waals surface area contributed by atoms with Gasteiger partial charge in [-0.25, -0.2) is 0 Å². The molecule has 1 aromatic heterocycles. The van der Waals surface area contributed by atoms with Crippen LogP contribution in [0.25, 0.3) is 10.6 Å². The first-order valence-electron chi connectivity index (χ1n) is 8.29. The Morgan fingerprint density at radius 1 is 1.27 bits per heavy atom. The van der Waals surface area contributed by atoms with Crippen LogP contribution in [0.3, 0.4) is 0 Å². The largest absolute Gasteiger partial charge is 0.454 e. The number of anilines is 1. The lowest BCUT2D eigenvalue weighted by molar-refractivity contribution is -0.126. The summed E-state index contributed by atoms with van der Waals surface area (Å²) in [5.74, 6) is 0.802. The first-order valence-corrected chi connectivity index (χ1v) is 9.11. The van der Waals surface area contributed by atoms with E-state index in [1.54, 1.807) is 0 Å². The third-order valence-corrected chi connectivity index (χ3v) is 5.02. The van der Waals surface area contributed by atoms with Gasteiger partial charge in [0.2, 0.25) is 23.7 Å². The third-order valence-electron chi connectivity index (χ3n) is 4.13. The fourth-order valence-electron chi connectivity index (χ4n) is 2.52. The molecule has 1 aliphatic heterocycles. The highest BCUT2D eigenvalue weighted by Gasteiger charge is 2.26. The molecule has 2 amide bonds. The van der Waals surface area contributed by atoms with Crippen molar-refractivity contribution in [3.8, 4) is 22.1 Å². The summed E-state index contributed by atoms with van der Waals surface area (Å²) in [6, 6.07) is 4.88. The zero-order valence-electron chi connectivity index (χ0n) is 14.7. The first kappa shape index (κ1) is 18.1. The van der Waals surface area contributed by atoms with Crippen LogP contribution in [0.15, 0.2) is 18.2 Å². The fourth-order valence-corrected chi connectivity index (χ4v) is 3.27. The molecule has 3 rings (SSSR count). The van der Waals surface area contributed by atoms with Crippen molar-refractivity contribution in [2.75, 3.05) is 12.1 Å². The van der Waals surface area contributed by atoms with Gasteiger partial charge < -0.3 is 14.8 Å². The lowest BCUT2D eigenvalue weighted by atomic mass is 9.98. The van der Waals surface area contributed by atoms with Crippen molar-refractivity contribution in [3.63, 3.8) is 0 Å². The second-order valence-electron chi connectivity index (χ2n) is 6.03. The molecule has 0 fully saturated rings. The highest BCUT2D eigenvalue weighted by Crippen LogP contribution is 2.37. The van der Waals surface area contributed by atoms with Crippen LogP contribution in [0.4, 0.5) is 5.13 Å². The summed E-state index contributed by atoms with van der Waals surface area (Å²) in [5.41, 5.74) is 0.826. The lowest BCUT2D eigenvalue weighted by Gasteiger charge is -2.22. The monoisotopic (exact) mass is 376 g/mol. The van der Waals surface area contributed by atoms with Gasteiger partial charge in [0.15, 0.2) is 11.5 Å². The number of hydrogen-bond acceptors (Lipinski definition) is 7. The number of nitrogens with one attached hydrogen (secondary N) is 2. The van der Waals surface area contributed by atoms with Gasteiger partial charge in [-0.1, -0.05) is 31.6 Å². The van der Waals surface area contributed by atoms with Crippen molar-refractivity contribution in [2.24, 2.45) is 5.92 Å². The van der Waals surface area contributed by atoms with Crippen LogP contribution < -0.4 is 20.1 Å². The molecule has 0 radical (unpaired) electrons. The molecule has 138 valence electrons. The van der Waals surface area contributed by atoms with Gasteiger partial charge in [0.25, 0.3) is 0 Å². The predicted molar refractivity (Wildman–Crippen MR) is 97.2 cm³/mol. The van der Waals surface area contributed by atoms with Gasteiger partial charge in [-0.15, -0.1) is 10.2 Å². The Bertz CT molecular complexity index is 823. The van der Waals surface area contributed by atoms with E-state index in [2.05, 4.69) is 20.8 Å². The van der Waals surface area contributed by atoms with Gasteiger partial charge >= 0.3 is 0 Å². The zero-order chi connectivity index (χ0) is 18.7. The normalized spacial score (nSPS) is 14.6. The lowest BCUT2D eigenvalue weighted by Crippen LogP contribution is -2.46. The van der Waals surface area contributed by atoms with Gasteiger partial charge in [-0.2, -0.15) is 0 Å². The number of nitrogens with zero attached hydrogens (tertiary/aromatic N) is 2. The van der Waals surface area contributed by atoms with E-state index in [0.717, 1.165) is 12.0 Å². The van der Waals surface area contributed by atoms with E-state index in [0.29, 0.717) is 21.6 Å². The highest BCUT2D eigenvalue weighted by molar-refractivity contribution is 7.18. The standard InChI is InChI=1S/C17H20N4O4S/c1-4-9(2)14(18-10(3)22)15(23)19-17-21-20-16(26-17)11-5-6-12-13(7-11)25-8-24-12/h5-7,9,14H,4,8H2,1-3H3,(H,18,22)(H,19,21,23)/t9-,14-/m1/s1. The summed E-state index contributed by atoms with van der Waals surface area (Å²) in [6.45, 7) is 5.48. The number of amides is 2. The van der Waals surface area contributed by atoms with Crippen molar-refractivity contribution < 1.29 is 19.1 Å². The molecule has 0 spiro atoms. The van der Waals surface area contributed by atoms with Gasteiger partial charge in [0.05, 0.1) is 0 Å². The molecule has 2 heterocycles. The van der Waals surface area contributed by atoms with Crippen LogP contribution in [-0.2, 0) is 9.59 Å². The molecule has 2 aromatic rings. The maximum absolute atomic E-state index is 12.5. The Balaban J connectivity index is 1.73. The summed E-state index contributed by atoms with van der Waals surface area (Å²) in [4.78, 5) is 23.9. The van der Waals surface area contributed by atoms with Crippen LogP contribution in [0.1, 0.15) is 27.2 Å². The van der Waals surface area contributed by atoms with Crippen molar-refractivity contribution in [1.29, 1.82) is 0 Å². The molecular weight excluding hydrogens is 356 g/mol. The number of ether oxygens (including phenoxy) is 2. The smallest absolute Gasteiger partial charge is 0.249 e. The van der Waals surface area contributed by atoms with E-state index < -0.39 is 6.04 Å². The number of aromatic nitrogens is 2. The Labute approximate surface area is 154 Å². The number of benzene rings is 1. The van der Waals surface area contributed by atoms with E-state index in [-0.39, 0.29) is 24.5 Å². The van der Waals surface area contributed by atoms with E-state index in [4.69, 9.17) is 9.47 Å². The topological polar surface area (TPSA) is 102 Å². The van der Waals surface area contributed by atoms with Crippen LogP contribution in [-0.4, -0.2) is 34.8 Å². The SMILES string of the molecule is CC[C@@H](C)[C@@H](NC(C)=O)C(=O)Nc1nnc(-c2ccc3c(c2)OCO3)s1. The molecule has 0 saturated heterocycles. The fraction of sp³-hybridized carbons (Fsp3) is 0.412. The summed E-state index contributed by atoms with van der Waals surface area (Å²) < 4.78 is 10.7. The molecule has 0 aliphatic carbocycles. The average Bonchev–Trinajstić information content (AvgIpc) is 3.27. The number of rotatable bonds is 6. The molecule has 9 heteroatoms. The zero-order valence-corrected chi connectivity index (χ0v) is 15.6. The van der Waals surface area contributed by atoms with Crippen LogP contribution >= 0.6 is 11.3 Å². The first-order chi connectivity index (χ1) is 12.5. The summed E-state index contributed by atoms with van der Waals surface area (Å²) in [7, 11) is 0. The Hall–Kier alpha value is -2.68. The highest BCUT2D eigenvalue weighted by atomic mass is 32.1. The summed E-state index contributed by atoms with van der Waals surface area (Å²) in [5, 5.41) is 14.6. The van der Waals surface area contributed by atoms with Gasteiger partial charge in [-0.3, -0.25) is 14.9 Å². The van der Waals surface area contributed by atoms with Gasteiger partial charge in [0, 0.05) is 12.5 Å². The van der Waals surface area contributed by atoms with Gasteiger partial charge in [0.1, 0.15) is 11.0 Å². The number of carbonyl (C=O) groups is 2. The maximum Gasteiger partial charge on any atom is 0.249 e. The molecule has 0 unspecified atom stereocenters. The number of fused-ring (bicyclic) bond motifs is 1. The predicted octanol–water partition coefficient (Wildman–Crippen LogP) is 2.42. The van der Waals surface area contributed by atoms with E-state index >= 15 is 0 Å². The second-order valence-corrected chi connectivity index (χ2v) is 7.01. The van der Waals surface area contributed by atoms with Crippen molar-refractivity contribution in [1.82, 2.24) is 15.5 Å². The number of hydrogen-bond donors (Lipinski definition) is 2. The Kier molecular flexibility index (Phi) is 5.36. The molecular formula is C17H20N4O4S. The molecule has 0 bridgehead atoms. The Morgan fingerprint density at radius 2 is 2.04 bits per heavy atom. The molecule has 2 atom stereocenters. The molecule has 1 aliphatic rings. The quantitative estimate of drug-likeness (QED) is 0.803. The second kappa shape index (κ2) is 7.69. The van der Waals surface area contributed by atoms with E-state index in [9.17, 15) is 9.59 Å². The molecule has 1 aromatic carbocycles. The molecule has 26 heavy (non-hydrogen) atoms. The molecule has 0 saturated carbocycles. The van der Waals surface area contributed by atoms with Crippen molar-refractivity contribution >= 4 is 28.3 Å². The van der Waals surface area contributed by atoms with Gasteiger partial charge in [-0.05, 0) is 24.1 Å². The summed E-state index contributed by atoms with van der Waals surface area (Å²) in [6.07, 6.45) is 0.761. The minimum atomic E-state index is -0.615.